The van der Waals surface area contributed by atoms with Gasteiger partial charge in [0.15, 0.2) is 9.46 Å². The zero-order chi connectivity index (χ0) is 14.1. The van der Waals surface area contributed by atoms with Crippen molar-refractivity contribution >= 4 is 40.5 Å². The summed E-state index contributed by atoms with van der Waals surface area (Å²) in [5, 5.41) is 0. The first-order valence-corrected chi connectivity index (χ1v) is 6.74. The molecular formula is C14H7FINO3. The van der Waals surface area contributed by atoms with Crippen molar-refractivity contribution in [2.45, 2.75) is 0 Å². The predicted molar refractivity (Wildman–Crippen MR) is 78.4 cm³/mol. The van der Waals surface area contributed by atoms with Crippen LogP contribution in [0, 0.1) is 9.58 Å². The molecule has 0 N–H and O–H groups in total. The number of halogens is 2. The fourth-order valence-corrected chi connectivity index (χ4v) is 2.13. The summed E-state index contributed by atoms with van der Waals surface area (Å²) in [5.74, 6) is -0.678. The number of benzene rings is 1. The number of rotatable bonds is 2. The predicted octanol–water partition coefficient (Wildman–Crippen LogP) is 3.37. The van der Waals surface area contributed by atoms with E-state index in [1.54, 1.807) is 24.3 Å². The Labute approximate surface area is 127 Å². The summed E-state index contributed by atoms with van der Waals surface area (Å²) in [7, 11) is 0. The van der Waals surface area contributed by atoms with Crippen LogP contribution in [0.3, 0.4) is 0 Å². The number of ether oxygens (including phenoxy) is 1. The Bertz CT molecular complexity index is 748. The zero-order valence-electron chi connectivity index (χ0n) is 9.97. The topological polar surface area (TPSA) is 51.8 Å². The van der Waals surface area contributed by atoms with Crippen molar-refractivity contribution in [1.29, 1.82) is 0 Å². The van der Waals surface area contributed by atoms with Gasteiger partial charge in [-0.1, -0.05) is 12.1 Å². The average molecular weight is 383 g/mol. The van der Waals surface area contributed by atoms with E-state index in [1.165, 1.54) is 18.2 Å². The Morgan fingerprint density at radius 1 is 1.20 bits per heavy atom. The van der Waals surface area contributed by atoms with Crippen LogP contribution in [-0.4, -0.2) is 11.9 Å². The van der Waals surface area contributed by atoms with E-state index in [0.717, 1.165) is 0 Å². The number of cyclic esters (lactones) is 1. The van der Waals surface area contributed by atoms with Gasteiger partial charge in [-0.25, -0.2) is 14.2 Å². The second-order valence-corrected chi connectivity index (χ2v) is 5.02. The van der Waals surface area contributed by atoms with Crippen molar-refractivity contribution in [2.24, 2.45) is 4.99 Å². The van der Waals surface area contributed by atoms with Gasteiger partial charge < -0.3 is 9.15 Å². The summed E-state index contributed by atoms with van der Waals surface area (Å²) in [5.41, 5.74) is 0.229. The Morgan fingerprint density at radius 3 is 2.70 bits per heavy atom. The van der Waals surface area contributed by atoms with Crippen molar-refractivity contribution in [2.75, 3.05) is 0 Å². The van der Waals surface area contributed by atoms with E-state index in [0.29, 0.717) is 9.53 Å². The molecule has 0 bridgehead atoms. The molecule has 0 unspecified atom stereocenters. The lowest BCUT2D eigenvalue weighted by molar-refractivity contribution is -0.129. The van der Waals surface area contributed by atoms with Crippen LogP contribution in [-0.2, 0) is 9.53 Å². The van der Waals surface area contributed by atoms with E-state index in [1.807, 2.05) is 22.6 Å². The molecule has 1 aromatic heterocycles. The molecule has 20 heavy (non-hydrogen) atoms. The molecule has 0 fully saturated rings. The monoisotopic (exact) mass is 383 g/mol. The smallest absolute Gasteiger partial charge is 0.363 e. The molecule has 2 heterocycles. The number of carbonyl (C=O) groups excluding carboxylic acids is 1. The summed E-state index contributed by atoms with van der Waals surface area (Å²) in [6, 6.07) is 9.44. The van der Waals surface area contributed by atoms with Crippen LogP contribution < -0.4 is 0 Å². The molecule has 0 aliphatic carbocycles. The molecule has 6 heteroatoms. The molecule has 1 aliphatic heterocycles. The van der Waals surface area contributed by atoms with Crippen LogP contribution in [0.2, 0.25) is 0 Å². The molecule has 0 spiro atoms. The van der Waals surface area contributed by atoms with Crippen LogP contribution >= 0.6 is 22.6 Å². The molecule has 0 amide bonds. The molecule has 0 radical (unpaired) electrons. The maximum absolute atomic E-state index is 13.6. The van der Waals surface area contributed by atoms with Crippen molar-refractivity contribution < 1.29 is 18.3 Å². The Balaban J connectivity index is 1.97. The number of furan rings is 1. The Hall–Kier alpha value is -1.96. The molecule has 1 aliphatic rings. The number of hydrogen-bond donors (Lipinski definition) is 0. The highest BCUT2D eigenvalue weighted by molar-refractivity contribution is 14.1. The summed E-state index contributed by atoms with van der Waals surface area (Å²) < 4.78 is 24.6. The summed E-state index contributed by atoms with van der Waals surface area (Å²) in [6.45, 7) is 0. The lowest BCUT2D eigenvalue weighted by atomic mass is 10.2. The number of nitrogens with zero attached hydrogens (tertiary/aromatic N) is 1. The first kappa shape index (κ1) is 13.0. The number of aliphatic imine (C=N–C) groups is 1. The number of carbonyl (C=O) groups is 1. The third-order valence-electron chi connectivity index (χ3n) is 2.60. The zero-order valence-corrected chi connectivity index (χ0v) is 12.1. The van der Waals surface area contributed by atoms with E-state index in [2.05, 4.69) is 4.99 Å². The van der Waals surface area contributed by atoms with E-state index >= 15 is 0 Å². The fraction of sp³-hybridized carbons (Fsp3) is 0. The highest BCUT2D eigenvalue weighted by Crippen LogP contribution is 2.21. The van der Waals surface area contributed by atoms with Crippen molar-refractivity contribution in [3.63, 3.8) is 0 Å². The van der Waals surface area contributed by atoms with Gasteiger partial charge in [0.1, 0.15) is 11.6 Å². The molecule has 0 saturated carbocycles. The number of esters is 1. The van der Waals surface area contributed by atoms with Gasteiger partial charge in [-0.15, -0.1) is 0 Å². The maximum Gasteiger partial charge on any atom is 0.363 e. The van der Waals surface area contributed by atoms with Crippen molar-refractivity contribution in [1.82, 2.24) is 0 Å². The van der Waals surface area contributed by atoms with E-state index in [4.69, 9.17) is 9.15 Å². The highest BCUT2D eigenvalue weighted by atomic mass is 127. The van der Waals surface area contributed by atoms with Crippen LogP contribution in [0.15, 0.2) is 51.5 Å². The molecule has 1 aromatic carbocycles. The third kappa shape index (κ3) is 2.51. The normalized spacial score (nSPS) is 16.4. The highest BCUT2D eigenvalue weighted by Gasteiger charge is 2.26. The maximum atomic E-state index is 13.6. The largest absolute Gasteiger partial charge is 0.451 e. The van der Waals surface area contributed by atoms with E-state index in [-0.39, 0.29) is 17.2 Å². The lowest BCUT2D eigenvalue weighted by Crippen LogP contribution is -2.07. The van der Waals surface area contributed by atoms with E-state index in [9.17, 15) is 9.18 Å². The van der Waals surface area contributed by atoms with Gasteiger partial charge in [-0.3, -0.25) is 0 Å². The summed E-state index contributed by atoms with van der Waals surface area (Å²) >= 11 is 2.01. The van der Waals surface area contributed by atoms with Gasteiger partial charge >= 0.3 is 5.97 Å². The third-order valence-corrected chi connectivity index (χ3v) is 3.18. The molecule has 4 nitrogen and oxygen atoms in total. The van der Waals surface area contributed by atoms with Gasteiger partial charge in [-0.05, 0) is 46.9 Å². The molecule has 0 saturated heterocycles. The molecule has 3 rings (SSSR count). The summed E-state index contributed by atoms with van der Waals surface area (Å²) in [4.78, 5) is 15.7. The minimum atomic E-state index is -0.630. The van der Waals surface area contributed by atoms with Gasteiger partial charge in [0.2, 0.25) is 5.90 Å². The Morgan fingerprint density at radius 2 is 2.00 bits per heavy atom. The second-order valence-electron chi connectivity index (χ2n) is 3.96. The van der Waals surface area contributed by atoms with Crippen LogP contribution in [0.5, 0.6) is 0 Å². The first-order chi connectivity index (χ1) is 9.63. The average Bonchev–Trinajstić information content (AvgIpc) is 2.98. The molecule has 100 valence electrons. The quantitative estimate of drug-likeness (QED) is 0.454. The van der Waals surface area contributed by atoms with Gasteiger partial charge in [0, 0.05) is 6.08 Å². The van der Waals surface area contributed by atoms with Gasteiger partial charge in [-0.2, -0.15) is 0 Å². The second kappa shape index (κ2) is 5.20. The van der Waals surface area contributed by atoms with Crippen LogP contribution in [0.25, 0.3) is 6.08 Å². The Kier molecular flexibility index (Phi) is 3.39. The van der Waals surface area contributed by atoms with Gasteiger partial charge in [0.25, 0.3) is 0 Å². The molecule has 0 atom stereocenters. The van der Waals surface area contributed by atoms with Crippen molar-refractivity contribution in [3.05, 3.63) is 63.0 Å². The minimum Gasteiger partial charge on any atom is -0.451 e. The van der Waals surface area contributed by atoms with Gasteiger partial charge in [0.05, 0.1) is 5.56 Å². The summed E-state index contributed by atoms with van der Waals surface area (Å²) in [6.07, 6.45) is 1.46. The first-order valence-electron chi connectivity index (χ1n) is 5.66. The van der Waals surface area contributed by atoms with E-state index < -0.39 is 11.8 Å². The molecule has 2 aromatic rings. The fourth-order valence-electron chi connectivity index (χ4n) is 1.70. The van der Waals surface area contributed by atoms with Crippen LogP contribution in [0.4, 0.5) is 4.39 Å². The SMILES string of the molecule is O=C1OC(c2ccccc2F)=NC1=Cc1ccc(I)o1. The molecular weight excluding hydrogens is 376 g/mol. The standard InChI is InChI=1S/C14H7FINO3/c15-10-4-2-1-3-9(10)13-17-11(14(18)20-13)7-8-5-6-12(16)19-8/h1-7H. The number of hydrogen-bond acceptors (Lipinski definition) is 4. The minimum absolute atomic E-state index is 0.0411. The lowest BCUT2D eigenvalue weighted by Gasteiger charge is -1.99. The van der Waals surface area contributed by atoms with Crippen molar-refractivity contribution in [3.8, 4) is 0 Å². The van der Waals surface area contributed by atoms with Crippen LogP contribution in [0.1, 0.15) is 11.3 Å².